The van der Waals surface area contributed by atoms with E-state index in [0.29, 0.717) is 29.1 Å². The number of aromatic nitrogens is 3. The van der Waals surface area contributed by atoms with Crippen LogP contribution in [0.2, 0.25) is 0 Å². The maximum atomic E-state index is 13.2. The van der Waals surface area contributed by atoms with Crippen LogP contribution in [0.3, 0.4) is 0 Å². The highest BCUT2D eigenvalue weighted by atomic mass is 16.5. The van der Waals surface area contributed by atoms with Gasteiger partial charge in [-0.25, -0.2) is 9.98 Å². The molecule has 0 aliphatic carbocycles. The van der Waals surface area contributed by atoms with Crippen LogP contribution >= 0.6 is 0 Å². The van der Waals surface area contributed by atoms with Crippen LogP contribution in [0.4, 0.5) is 17.5 Å². The van der Waals surface area contributed by atoms with Crippen molar-refractivity contribution < 1.29 is 13.9 Å². The molecule has 5 heterocycles. The lowest BCUT2D eigenvalue weighted by Crippen LogP contribution is -2.32. The zero-order chi connectivity index (χ0) is 25.5. The van der Waals surface area contributed by atoms with Crippen LogP contribution < -0.4 is 15.5 Å². The summed E-state index contributed by atoms with van der Waals surface area (Å²) in [5.41, 5.74) is 3.87. The number of carbonyl (C=O) groups excluding carboxylic acids is 1. The summed E-state index contributed by atoms with van der Waals surface area (Å²) in [5, 5.41) is 14.4. The van der Waals surface area contributed by atoms with Crippen molar-refractivity contribution >= 4 is 29.1 Å². The van der Waals surface area contributed by atoms with E-state index in [0.717, 1.165) is 48.8 Å². The maximum Gasteiger partial charge on any atom is 0.317 e. The Bertz CT molecular complexity index is 1510. The molecule has 38 heavy (non-hydrogen) atoms. The molecule has 2 saturated heterocycles. The van der Waals surface area contributed by atoms with Crippen molar-refractivity contribution in [1.29, 1.82) is 0 Å². The Balaban J connectivity index is 1.18. The van der Waals surface area contributed by atoms with Gasteiger partial charge in [-0.05, 0) is 18.2 Å². The number of benzodiazepines with no additional fused rings is 1. The molecule has 2 fully saturated rings. The number of hydrogen-bond donors (Lipinski definition) is 2. The molecule has 3 aliphatic heterocycles. The summed E-state index contributed by atoms with van der Waals surface area (Å²) >= 11 is 0. The number of anilines is 3. The van der Waals surface area contributed by atoms with Gasteiger partial charge in [0.2, 0.25) is 6.17 Å². The summed E-state index contributed by atoms with van der Waals surface area (Å²) in [6, 6.07) is 21.3. The van der Waals surface area contributed by atoms with Gasteiger partial charge in [-0.1, -0.05) is 53.6 Å². The van der Waals surface area contributed by atoms with Crippen molar-refractivity contribution in [3.05, 3.63) is 84.1 Å². The number of hydrogen-bond acceptors (Lipinski definition) is 9. The summed E-state index contributed by atoms with van der Waals surface area (Å²) in [6.07, 6.45) is 0.795. The molecule has 2 aromatic carbocycles. The number of carbonyl (C=O) groups is 1. The largest absolute Gasteiger partial charge is 0.403 e. The summed E-state index contributed by atoms with van der Waals surface area (Å²) in [6.45, 7) is 3.34. The quantitative estimate of drug-likeness (QED) is 0.422. The number of pyridine rings is 1. The van der Waals surface area contributed by atoms with E-state index < -0.39 is 6.17 Å². The molecule has 0 saturated carbocycles. The fourth-order valence-corrected chi connectivity index (χ4v) is 5.36. The van der Waals surface area contributed by atoms with Crippen LogP contribution in [0.1, 0.15) is 11.1 Å². The predicted molar refractivity (Wildman–Crippen MR) is 142 cm³/mol. The molecule has 2 N–H and O–H groups in total. The number of fused-ring (bicyclic) bond motifs is 2. The highest BCUT2D eigenvalue weighted by Gasteiger charge is 2.38. The summed E-state index contributed by atoms with van der Waals surface area (Å²) < 4.78 is 11.6. The Kier molecular flexibility index (Phi) is 5.58. The number of nitrogens with zero attached hydrogens (tertiary/aromatic N) is 5. The van der Waals surface area contributed by atoms with Crippen LogP contribution in [-0.2, 0) is 9.53 Å². The average molecular weight is 508 g/mol. The van der Waals surface area contributed by atoms with Crippen molar-refractivity contribution in [2.75, 3.05) is 41.8 Å². The SMILES string of the molecule is O=C1Nc2ccccc2C(c2ccccc2)=NC1Nc1nnc(-c2cccnc2N2C[C@H]3COC[C@H]3C2)o1. The first-order valence-corrected chi connectivity index (χ1v) is 12.6. The predicted octanol–water partition coefficient (Wildman–Crippen LogP) is 3.44. The topological polar surface area (TPSA) is 118 Å². The lowest BCUT2D eigenvalue weighted by atomic mass is 10.0. The summed E-state index contributed by atoms with van der Waals surface area (Å²) in [5.74, 6) is 1.84. The van der Waals surface area contributed by atoms with Crippen LogP contribution in [0.5, 0.6) is 0 Å². The van der Waals surface area contributed by atoms with Crippen LogP contribution in [0.15, 0.2) is 82.3 Å². The van der Waals surface area contributed by atoms with Crippen molar-refractivity contribution in [1.82, 2.24) is 15.2 Å². The van der Waals surface area contributed by atoms with Crippen molar-refractivity contribution in [2.24, 2.45) is 16.8 Å². The number of ether oxygens (including phenoxy) is 1. The van der Waals surface area contributed by atoms with Gasteiger partial charge in [0.1, 0.15) is 5.82 Å². The lowest BCUT2D eigenvalue weighted by Gasteiger charge is -2.20. The van der Waals surface area contributed by atoms with E-state index in [9.17, 15) is 4.79 Å². The first-order chi connectivity index (χ1) is 18.7. The van der Waals surface area contributed by atoms with Crippen LogP contribution in [0, 0.1) is 11.8 Å². The summed E-state index contributed by atoms with van der Waals surface area (Å²) in [7, 11) is 0. The van der Waals surface area contributed by atoms with Gasteiger partial charge >= 0.3 is 6.01 Å². The van der Waals surface area contributed by atoms with Gasteiger partial charge in [0.15, 0.2) is 0 Å². The van der Waals surface area contributed by atoms with Gasteiger partial charge in [0.05, 0.1) is 30.2 Å². The Morgan fingerprint density at radius 3 is 2.50 bits per heavy atom. The van der Waals surface area contributed by atoms with E-state index in [4.69, 9.17) is 14.1 Å². The normalized spacial score (nSPS) is 22.3. The standard InChI is InChI=1S/C28H25N7O3/c36-26-24(31-23(17-7-2-1-3-8-17)20-9-4-5-11-22(20)30-26)32-28-34-33-27(38-28)21-10-6-12-29-25(21)35-13-18-15-37-16-19(18)14-35/h1-12,18-19,24H,13-16H2,(H,30,36)(H,32,34)/t18-,19+,24?. The second kappa shape index (κ2) is 9.38. The van der Waals surface area contributed by atoms with E-state index in [1.54, 1.807) is 6.20 Å². The first kappa shape index (κ1) is 22.6. The second-order valence-electron chi connectivity index (χ2n) is 9.67. The zero-order valence-electron chi connectivity index (χ0n) is 20.4. The Morgan fingerprint density at radius 1 is 0.895 bits per heavy atom. The van der Waals surface area contributed by atoms with E-state index in [-0.39, 0.29) is 11.9 Å². The molecule has 4 aromatic rings. The third-order valence-electron chi connectivity index (χ3n) is 7.24. The summed E-state index contributed by atoms with van der Waals surface area (Å²) in [4.78, 5) is 24.8. The molecule has 2 aromatic heterocycles. The monoisotopic (exact) mass is 507 g/mol. The van der Waals surface area contributed by atoms with E-state index in [1.807, 2.05) is 66.7 Å². The fourth-order valence-electron chi connectivity index (χ4n) is 5.36. The van der Waals surface area contributed by atoms with E-state index in [1.165, 1.54) is 0 Å². The number of nitrogens with one attached hydrogen (secondary N) is 2. The van der Waals surface area contributed by atoms with Crippen molar-refractivity contribution in [3.8, 4) is 11.5 Å². The molecule has 3 aliphatic rings. The number of para-hydroxylation sites is 1. The molecule has 1 amide bonds. The Labute approximate surface area is 218 Å². The fraction of sp³-hybridized carbons (Fsp3) is 0.250. The highest BCUT2D eigenvalue weighted by molar-refractivity contribution is 6.19. The van der Waals surface area contributed by atoms with Crippen molar-refractivity contribution in [2.45, 2.75) is 6.17 Å². The molecule has 3 atom stereocenters. The molecule has 0 bridgehead atoms. The van der Waals surface area contributed by atoms with E-state index >= 15 is 0 Å². The molecule has 1 unspecified atom stereocenters. The molecule has 190 valence electrons. The van der Waals surface area contributed by atoms with Gasteiger partial charge in [-0.3, -0.25) is 4.79 Å². The number of rotatable bonds is 5. The molecule has 10 heteroatoms. The third-order valence-corrected chi connectivity index (χ3v) is 7.24. The molecule has 0 spiro atoms. The third kappa shape index (κ3) is 4.08. The van der Waals surface area contributed by atoms with Crippen LogP contribution in [0.25, 0.3) is 11.5 Å². The average Bonchev–Trinajstić information content (AvgIpc) is 3.67. The Morgan fingerprint density at radius 2 is 1.66 bits per heavy atom. The first-order valence-electron chi connectivity index (χ1n) is 12.6. The molecule has 7 rings (SSSR count). The molecule has 0 radical (unpaired) electrons. The minimum absolute atomic E-state index is 0.101. The van der Waals surface area contributed by atoms with Crippen molar-refractivity contribution in [3.63, 3.8) is 0 Å². The highest BCUT2D eigenvalue weighted by Crippen LogP contribution is 2.36. The second-order valence-corrected chi connectivity index (χ2v) is 9.67. The molecular weight excluding hydrogens is 482 g/mol. The molecule has 10 nitrogen and oxygen atoms in total. The van der Waals surface area contributed by atoms with Gasteiger partial charge in [-0.2, -0.15) is 0 Å². The maximum absolute atomic E-state index is 13.2. The number of benzene rings is 2. The van der Waals surface area contributed by atoms with Crippen LogP contribution in [-0.4, -0.2) is 59.3 Å². The van der Waals surface area contributed by atoms with Gasteiger partial charge in [0.25, 0.3) is 11.8 Å². The van der Waals surface area contributed by atoms with Gasteiger partial charge in [0, 0.05) is 42.2 Å². The zero-order valence-corrected chi connectivity index (χ0v) is 20.4. The van der Waals surface area contributed by atoms with Gasteiger partial charge in [-0.15, -0.1) is 5.10 Å². The van der Waals surface area contributed by atoms with Gasteiger partial charge < -0.3 is 24.7 Å². The lowest BCUT2D eigenvalue weighted by molar-refractivity contribution is -0.116. The number of aliphatic imine (C=N–C) groups is 1. The minimum Gasteiger partial charge on any atom is -0.403 e. The smallest absolute Gasteiger partial charge is 0.317 e. The number of amides is 1. The van der Waals surface area contributed by atoms with E-state index in [2.05, 4.69) is 30.7 Å². The minimum atomic E-state index is -0.975. The molecular formula is C28H25N7O3. The Hall–Kier alpha value is -4.57.